The normalized spacial score (nSPS) is 19.6. The molecule has 6 bridgehead atoms. The van der Waals surface area contributed by atoms with Crippen molar-refractivity contribution in [2.45, 2.75) is 37.8 Å². The number of benzene rings is 4. The maximum atomic E-state index is 11.3. The average Bonchev–Trinajstić information content (AvgIpc) is 3.02. The van der Waals surface area contributed by atoms with Crippen molar-refractivity contribution >= 4 is 0 Å². The summed E-state index contributed by atoms with van der Waals surface area (Å²) >= 11 is 0. The molecule has 2 atom stereocenters. The first kappa shape index (κ1) is 28.4. The predicted molar refractivity (Wildman–Crippen MR) is 168 cm³/mol. The third kappa shape index (κ3) is 4.98. The van der Waals surface area contributed by atoms with E-state index in [0.717, 1.165) is 65.7 Å². The molecule has 0 radical (unpaired) electrons. The van der Waals surface area contributed by atoms with E-state index >= 15 is 0 Å². The number of rotatable bonds is 2. The summed E-state index contributed by atoms with van der Waals surface area (Å²) in [6.45, 7) is 1.73. The zero-order valence-corrected chi connectivity index (χ0v) is 25.6. The van der Waals surface area contributed by atoms with Crippen LogP contribution >= 0.6 is 0 Å². The number of methoxy groups -OCH3 is 2. The first-order chi connectivity index (χ1) is 21.3. The molecule has 0 saturated carbocycles. The average molecular weight is 595 g/mol. The lowest BCUT2D eigenvalue weighted by Crippen LogP contribution is -2.34. The second kappa shape index (κ2) is 11.3. The largest absolute Gasteiger partial charge is 0.504 e. The van der Waals surface area contributed by atoms with Crippen LogP contribution < -0.4 is 18.9 Å². The van der Waals surface area contributed by atoms with Crippen molar-refractivity contribution in [3.63, 3.8) is 0 Å². The fourth-order valence-electron chi connectivity index (χ4n) is 6.97. The Balaban J connectivity index is 1.46. The smallest absolute Gasteiger partial charge is 0.204 e. The number of aromatic hydroxyl groups is 2. The summed E-state index contributed by atoms with van der Waals surface area (Å²) in [5.74, 6) is 3.28. The van der Waals surface area contributed by atoms with E-state index in [1.807, 2.05) is 42.5 Å². The van der Waals surface area contributed by atoms with E-state index in [4.69, 9.17) is 18.9 Å². The number of likely N-dealkylation sites (N-methyl/N-ethyl adjacent to an activating group) is 2. The highest BCUT2D eigenvalue weighted by molar-refractivity contribution is 5.63. The summed E-state index contributed by atoms with van der Waals surface area (Å²) in [4.78, 5) is 4.66. The van der Waals surface area contributed by atoms with E-state index in [1.165, 1.54) is 0 Å². The summed E-state index contributed by atoms with van der Waals surface area (Å²) in [7, 11) is 7.49. The molecule has 0 spiro atoms. The topological polar surface area (TPSA) is 83.9 Å². The molecule has 0 aliphatic carbocycles. The van der Waals surface area contributed by atoms with Crippen LogP contribution in [0.25, 0.3) is 0 Å². The Morgan fingerprint density at radius 2 is 1.39 bits per heavy atom. The Hall–Kier alpha value is -4.40. The lowest BCUT2D eigenvalue weighted by Gasteiger charge is -2.37. The Bertz CT molecular complexity index is 1720. The van der Waals surface area contributed by atoms with Gasteiger partial charge in [-0.05, 0) is 110 Å². The van der Waals surface area contributed by atoms with Gasteiger partial charge >= 0.3 is 0 Å². The van der Waals surface area contributed by atoms with Crippen LogP contribution in [0.15, 0.2) is 60.7 Å². The predicted octanol–water partition coefficient (Wildman–Crippen LogP) is 6.56. The van der Waals surface area contributed by atoms with E-state index in [0.29, 0.717) is 40.9 Å². The van der Waals surface area contributed by atoms with Crippen molar-refractivity contribution in [3.8, 4) is 46.0 Å². The van der Waals surface area contributed by atoms with Gasteiger partial charge in [0.2, 0.25) is 5.75 Å². The molecule has 0 fully saturated rings. The first-order valence-electron chi connectivity index (χ1n) is 15.1. The molecular weight excluding hydrogens is 556 g/mol. The van der Waals surface area contributed by atoms with Gasteiger partial charge in [0.1, 0.15) is 5.75 Å². The van der Waals surface area contributed by atoms with Crippen molar-refractivity contribution in [1.29, 1.82) is 0 Å². The maximum absolute atomic E-state index is 11.3. The van der Waals surface area contributed by atoms with Crippen molar-refractivity contribution in [1.82, 2.24) is 9.80 Å². The first-order valence-corrected chi connectivity index (χ1v) is 15.1. The molecule has 4 aromatic carbocycles. The molecule has 4 aliphatic rings. The standard InChI is InChI=1S/C36H38N2O6/c1-37-13-11-23-18-30(40)32-20-26(23)27(37)15-21-5-8-25(9-6-21)43-31-17-22(7-10-29(31)39)16-28-34-24(12-14-38(28)2)19-33(41-3)35(42-4)36(34)44-32/h5-10,17-20,27-28,39-40H,11-16H2,1-4H3/t27-,28+/m0/s1. The van der Waals surface area contributed by atoms with Gasteiger partial charge in [0.05, 0.1) is 14.2 Å². The van der Waals surface area contributed by atoms with Crippen LogP contribution in [0, 0.1) is 0 Å². The third-order valence-corrected chi connectivity index (χ3v) is 9.44. The minimum Gasteiger partial charge on any atom is -0.504 e. The van der Waals surface area contributed by atoms with Crippen LogP contribution in [0.2, 0.25) is 0 Å². The highest BCUT2D eigenvalue weighted by Crippen LogP contribution is 2.51. The van der Waals surface area contributed by atoms with Crippen molar-refractivity contribution < 1.29 is 29.2 Å². The summed E-state index contributed by atoms with van der Waals surface area (Å²) in [5.41, 5.74) is 6.53. The molecule has 4 aromatic rings. The van der Waals surface area contributed by atoms with Gasteiger partial charge in [-0.15, -0.1) is 0 Å². The number of ether oxygens (including phenoxy) is 4. The molecule has 4 heterocycles. The van der Waals surface area contributed by atoms with Crippen LogP contribution in [0.3, 0.4) is 0 Å². The van der Waals surface area contributed by atoms with Gasteiger partial charge in [-0.2, -0.15) is 0 Å². The molecule has 0 amide bonds. The molecule has 4 aliphatic heterocycles. The van der Waals surface area contributed by atoms with E-state index in [2.05, 4.69) is 36.0 Å². The lowest BCUT2D eigenvalue weighted by molar-refractivity contribution is 0.220. The molecule has 0 saturated heterocycles. The van der Waals surface area contributed by atoms with Gasteiger partial charge in [-0.3, -0.25) is 9.80 Å². The quantitative estimate of drug-likeness (QED) is 0.270. The number of hydrogen-bond acceptors (Lipinski definition) is 8. The van der Waals surface area contributed by atoms with Crippen molar-refractivity contribution in [3.05, 3.63) is 94.0 Å². The number of phenols is 2. The van der Waals surface area contributed by atoms with Crippen LogP contribution in [0.4, 0.5) is 0 Å². The molecule has 0 unspecified atom stereocenters. The van der Waals surface area contributed by atoms with E-state index in [-0.39, 0.29) is 23.6 Å². The molecule has 8 heteroatoms. The SMILES string of the molecule is COc1cc2c3c(c1OC)Oc1cc4c(cc1O)CCN(C)[C@H]4Cc1ccc(cc1)Oc1cc(ccc1O)C[C@H]3N(C)CC2. The highest BCUT2D eigenvalue weighted by Gasteiger charge is 2.34. The zero-order chi connectivity index (χ0) is 30.5. The van der Waals surface area contributed by atoms with Crippen LogP contribution in [0.1, 0.15) is 45.5 Å². The van der Waals surface area contributed by atoms with Crippen molar-refractivity contribution in [2.24, 2.45) is 0 Å². The third-order valence-electron chi connectivity index (χ3n) is 9.44. The fourth-order valence-corrected chi connectivity index (χ4v) is 6.97. The van der Waals surface area contributed by atoms with E-state index < -0.39 is 0 Å². The summed E-state index contributed by atoms with van der Waals surface area (Å²) in [5, 5.41) is 22.0. The monoisotopic (exact) mass is 594 g/mol. The van der Waals surface area contributed by atoms with Crippen LogP contribution in [-0.2, 0) is 25.7 Å². The van der Waals surface area contributed by atoms with Crippen LogP contribution in [-0.4, -0.2) is 61.4 Å². The summed E-state index contributed by atoms with van der Waals surface area (Å²) < 4.78 is 24.7. The van der Waals surface area contributed by atoms with Gasteiger partial charge in [0.25, 0.3) is 0 Å². The van der Waals surface area contributed by atoms with Gasteiger partial charge in [-0.1, -0.05) is 18.2 Å². The number of phenolic OH excluding ortho intramolecular Hbond substituents is 2. The summed E-state index contributed by atoms with van der Waals surface area (Å²) in [6, 6.07) is 19.5. The molecule has 44 heavy (non-hydrogen) atoms. The second-order valence-electron chi connectivity index (χ2n) is 12.1. The van der Waals surface area contributed by atoms with Gasteiger partial charge in [-0.25, -0.2) is 0 Å². The Morgan fingerprint density at radius 1 is 0.705 bits per heavy atom. The fraction of sp³-hybridized carbons (Fsp3) is 0.333. The molecule has 8 nitrogen and oxygen atoms in total. The lowest BCUT2D eigenvalue weighted by atomic mass is 9.87. The Morgan fingerprint density at radius 3 is 2.14 bits per heavy atom. The van der Waals surface area contributed by atoms with E-state index in [9.17, 15) is 10.2 Å². The Labute approximate surface area is 258 Å². The maximum Gasteiger partial charge on any atom is 0.204 e. The molecule has 228 valence electrons. The molecule has 0 aromatic heterocycles. The minimum atomic E-state index is -0.0808. The van der Waals surface area contributed by atoms with Gasteiger partial charge < -0.3 is 29.2 Å². The highest BCUT2D eigenvalue weighted by atomic mass is 16.5. The number of nitrogens with zero attached hydrogens (tertiary/aromatic N) is 2. The molecule has 8 rings (SSSR count). The van der Waals surface area contributed by atoms with Gasteiger partial charge in [0.15, 0.2) is 34.5 Å². The number of hydrogen-bond donors (Lipinski definition) is 2. The zero-order valence-electron chi connectivity index (χ0n) is 25.6. The van der Waals surface area contributed by atoms with E-state index in [1.54, 1.807) is 20.3 Å². The van der Waals surface area contributed by atoms with Crippen molar-refractivity contribution in [2.75, 3.05) is 41.4 Å². The molecule has 2 N–H and O–H groups in total. The van der Waals surface area contributed by atoms with Crippen LogP contribution in [0.5, 0.6) is 46.0 Å². The Kier molecular flexibility index (Phi) is 7.26. The minimum absolute atomic E-state index is 0.0808. The van der Waals surface area contributed by atoms with Gasteiger partial charge in [0, 0.05) is 30.7 Å². The summed E-state index contributed by atoms with van der Waals surface area (Å²) in [6.07, 6.45) is 3.06. The second-order valence-corrected chi connectivity index (χ2v) is 12.1. The molecular formula is C36H38N2O6. The number of fused-ring (bicyclic) bond motifs is 2.